The summed E-state index contributed by atoms with van der Waals surface area (Å²) in [5, 5.41) is 4.32. The van der Waals surface area contributed by atoms with Crippen LogP contribution < -0.4 is 0 Å². The molecule has 0 radical (unpaired) electrons. The maximum Gasteiger partial charge on any atom is 0.176 e. The van der Waals surface area contributed by atoms with Crippen LogP contribution in [0, 0.1) is 5.92 Å². The molecule has 0 bridgehead atoms. The highest BCUT2D eigenvalue weighted by molar-refractivity contribution is 6.11. The maximum atomic E-state index is 12.2. The molecule has 0 N–H and O–H groups in total. The van der Waals surface area contributed by atoms with Gasteiger partial charge < -0.3 is 0 Å². The lowest BCUT2D eigenvalue weighted by Gasteiger charge is -2.19. The molecule has 20 heavy (non-hydrogen) atoms. The summed E-state index contributed by atoms with van der Waals surface area (Å²) < 4.78 is 1.87. The third-order valence-corrected chi connectivity index (χ3v) is 3.87. The molecule has 0 spiro atoms. The Balaban J connectivity index is 1.89. The molecule has 3 rings (SSSR count). The van der Waals surface area contributed by atoms with Gasteiger partial charge in [-0.1, -0.05) is 30.3 Å². The third-order valence-electron chi connectivity index (χ3n) is 3.87. The van der Waals surface area contributed by atoms with Crippen LogP contribution in [0.1, 0.15) is 35.0 Å². The predicted octanol–water partition coefficient (Wildman–Crippen LogP) is 2.27. The molecule has 0 fully saturated rings. The van der Waals surface area contributed by atoms with Crippen molar-refractivity contribution in [3.8, 4) is 0 Å². The molecule has 2 aromatic rings. The smallest absolute Gasteiger partial charge is 0.176 e. The first-order valence-electron chi connectivity index (χ1n) is 6.80. The molecule has 1 heterocycles. The van der Waals surface area contributed by atoms with Gasteiger partial charge in [-0.25, -0.2) is 0 Å². The average Bonchev–Trinajstić information content (AvgIpc) is 2.84. The van der Waals surface area contributed by atoms with Gasteiger partial charge in [0.25, 0.3) is 0 Å². The van der Waals surface area contributed by atoms with E-state index in [1.807, 2.05) is 35.0 Å². The maximum absolute atomic E-state index is 12.2. The van der Waals surface area contributed by atoms with Crippen LogP contribution >= 0.6 is 0 Å². The number of Topliss-reactive ketones (excluding diaryl/α,β-unsaturated/α-hetero) is 2. The highest BCUT2D eigenvalue weighted by Crippen LogP contribution is 2.26. The minimum atomic E-state index is -0.475. The molecular formula is C16H16N2O2. The Hall–Kier alpha value is -2.23. The van der Waals surface area contributed by atoms with Gasteiger partial charge in [-0.3, -0.25) is 14.3 Å². The fraction of sp³-hybridized carbons (Fsp3) is 0.312. The van der Waals surface area contributed by atoms with Crippen LogP contribution in [0.2, 0.25) is 0 Å². The van der Waals surface area contributed by atoms with E-state index in [0.717, 1.165) is 17.7 Å². The predicted molar refractivity (Wildman–Crippen MR) is 74.6 cm³/mol. The molecule has 1 aliphatic rings. The van der Waals surface area contributed by atoms with E-state index in [-0.39, 0.29) is 11.6 Å². The van der Waals surface area contributed by atoms with Crippen molar-refractivity contribution in [2.75, 3.05) is 0 Å². The Morgan fingerprint density at radius 3 is 2.80 bits per heavy atom. The Morgan fingerprint density at radius 1 is 1.35 bits per heavy atom. The number of aromatic nitrogens is 2. The summed E-state index contributed by atoms with van der Waals surface area (Å²) in [5.74, 6) is -0.591. The average molecular weight is 268 g/mol. The number of hydrogen-bond donors (Lipinski definition) is 0. The largest absolute Gasteiger partial charge is 0.299 e. The Morgan fingerprint density at radius 2 is 2.10 bits per heavy atom. The van der Waals surface area contributed by atoms with Gasteiger partial charge >= 0.3 is 0 Å². The van der Waals surface area contributed by atoms with Gasteiger partial charge in [0, 0.05) is 5.69 Å². The molecule has 4 heteroatoms. The topological polar surface area (TPSA) is 52.0 Å². The van der Waals surface area contributed by atoms with Crippen molar-refractivity contribution in [3.63, 3.8) is 0 Å². The standard InChI is InChI=1S/C16H16N2O2/c1-11(19)13-7-8-15-14(16(13)20)9-17-18(15)10-12-5-3-2-4-6-12/h2-6,9,13H,7-8,10H2,1H3. The van der Waals surface area contributed by atoms with Gasteiger partial charge in [-0.2, -0.15) is 5.10 Å². The van der Waals surface area contributed by atoms with Crippen molar-refractivity contribution in [2.24, 2.45) is 5.92 Å². The van der Waals surface area contributed by atoms with E-state index >= 15 is 0 Å². The minimum Gasteiger partial charge on any atom is -0.299 e. The van der Waals surface area contributed by atoms with Crippen molar-refractivity contribution in [1.29, 1.82) is 0 Å². The number of carbonyl (C=O) groups is 2. The molecule has 0 saturated heterocycles. The lowest BCUT2D eigenvalue weighted by molar-refractivity contribution is -0.119. The molecule has 1 aromatic heterocycles. The first-order valence-corrected chi connectivity index (χ1v) is 6.80. The highest BCUT2D eigenvalue weighted by Gasteiger charge is 2.32. The number of rotatable bonds is 3. The van der Waals surface area contributed by atoms with E-state index in [2.05, 4.69) is 5.10 Å². The van der Waals surface area contributed by atoms with E-state index in [9.17, 15) is 9.59 Å². The lowest BCUT2D eigenvalue weighted by Crippen LogP contribution is -2.28. The van der Waals surface area contributed by atoms with Gasteiger partial charge in [-0.05, 0) is 25.3 Å². The zero-order valence-electron chi connectivity index (χ0n) is 11.4. The molecule has 0 saturated carbocycles. The summed E-state index contributed by atoms with van der Waals surface area (Å²) in [5.41, 5.74) is 2.73. The van der Waals surface area contributed by atoms with Crippen LogP contribution in [0.3, 0.4) is 0 Å². The molecule has 1 atom stereocenters. The van der Waals surface area contributed by atoms with Gasteiger partial charge in [-0.15, -0.1) is 0 Å². The zero-order valence-corrected chi connectivity index (χ0v) is 11.4. The highest BCUT2D eigenvalue weighted by atomic mass is 16.1. The quantitative estimate of drug-likeness (QED) is 0.802. The van der Waals surface area contributed by atoms with E-state index in [1.165, 1.54) is 6.92 Å². The van der Waals surface area contributed by atoms with Crippen molar-refractivity contribution in [3.05, 3.63) is 53.3 Å². The SMILES string of the molecule is CC(=O)C1CCc2c(cnn2Cc2ccccc2)C1=O. The molecule has 0 amide bonds. The number of benzene rings is 1. The molecule has 1 aromatic carbocycles. The molecule has 1 unspecified atom stereocenters. The fourth-order valence-electron chi connectivity index (χ4n) is 2.76. The van der Waals surface area contributed by atoms with E-state index < -0.39 is 5.92 Å². The van der Waals surface area contributed by atoms with Gasteiger partial charge in [0.05, 0.1) is 24.2 Å². The second-order valence-electron chi connectivity index (χ2n) is 5.21. The van der Waals surface area contributed by atoms with Crippen molar-refractivity contribution < 1.29 is 9.59 Å². The number of ketones is 2. The van der Waals surface area contributed by atoms with Gasteiger partial charge in [0.15, 0.2) is 5.78 Å². The van der Waals surface area contributed by atoms with Crippen molar-refractivity contribution in [2.45, 2.75) is 26.3 Å². The number of carbonyl (C=O) groups excluding carboxylic acids is 2. The van der Waals surface area contributed by atoms with Gasteiger partial charge in [0.1, 0.15) is 5.78 Å². The van der Waals surface area contributed by atoms with Crippen molar-refractivity contribution >= 4 is 11.6 Å². The second kappa shape index (κ2) is 5.04. The Kier molecular flexibility index (Phi) is 3.22. The molecule has 4 nitrogen and oxygen atoms in total. The van der Waals surface area contributed by atoms with Crippen LogP contribution in [-0.2, 0) is 17.8 Å². The fourth-order valence-corrected chi connectivity index (χ4v) is 2.76. The van der Waals surface area contributed by atoms with Crippen LogP contribution in [0.4, 0.5) is 0 Å². The first-order chi connectivity index (χ1) is 9.66. The molecule has 1 aliphatic carbocycles. The Labute approximate surface area is 117 Å². The van der Waals surface area contributed by atoms with E-state index in [4.69, 9.17) is 0 Å². The van der Waals surface area contributed by atoms with Crippen molar-refractivity contribution in [1.82, 2.24) is 9.78 Å². The number of fused-ring (bicyclic) bond motifs is 1. The van der Waals surface area contributed by atoms with Crippen LogP contribution in [-0.4, -0.2) is 21.3 Å². The summed E-state index contributed by atoms with van der Waals surface area (Å²) in [6.45, 7) is 2.15. The van der Waals surface area contributed by atoms with Gasteiger partial charge in [0.2, 0.25) is 0 Å². The summed E-state index contributed by atoms with van der Waals surface area (Å²) in [4.78, 5) is 23.7. The normalized spacial score (nSPS) is 17.9. The minimum absolute atomic E-state index is 0.0449. The summed E-state index contributed by atoms with van der Waals surface area (Å²) in [6, 6.07) is 10.0. The van der Waals surface area contributed by atoms with Crippen LogP contribution in [0.25, 0.3) is 0 Å². The second-order valence-corrected chi connectivity index (χ2v) is 5.21. The number of nitrogens with zero attached hydrogens (tertiary/aromatic N) is 2. The first kappa shape index (κ1) is 12.8. The summed E-state index contributed by atoms with van der Waals surface area (Å²) in [6.07, 6.45) is 2.94. The van der Waals surface area contributed by atoms with Crippen LogP contribution in [0.15, 0.2) is 36.5 Å². The third kappa shape index (κ3) is 2.18. The summed E-state index contributed by atoms with van der Waals surface area (Å²) in [7, 11) is 0. The van der Waals surface area contributed by atoms with Crippen LogP contribution in [0.5, 0.6) is 0 Å². The lowest BCUT2D eigenvalue weighted by atomic mass is 9.84. The molecular weight excluding hydrogens is 252 g/mol. The monoisotopic (exact) mass is 268 g/mol. The molecule has 102 valence electrons. The Bertz CT molecular complexity index is 658. The van der Waals surface area contributed by atoms with E-state index in [0.29, 0.717) is 18.5 Å². The zero-order chi connectivity index (χ0) is 14.1. The molecule has 0 aliphatic heterocycles. The number of hydrogen-bond acceptors (Lipinski definition) is 3. The summed E-state index contributed by atoms with van der Waals surface area (Å²) >= 11 is 0. The van der Waals surface area contributed by atoms with E-state index in [1.54, 1.807) is 6.20 Å².